The number of benzene rings is 2. The summed E-state index contributed by atoms with van der Waals surface area (Å²) in [7, 11) is 4.50. The summed E-state index contributed by atoms with van der Waals surface area (Å²) in [6.07, 6.45) is 0.757. The maximum Gasteiger partial charge on any atom is 0.229 e. The number of nitrogens with one attached hydrogen (secondary N) is 1. The number of hydrogen-bond donors (Lipinski definition) is 1. The molecule has 0 aliphatic carbocycles. The molecule has 1 fully saturated rings. The van der Waals surface area contributed by atoms with Gasteiger partial charge < -0.3 is 24.4 Å². The number of amides is 2. The van der Waals surface area contributed by atoms with E-state index in [-0.39, 0.29) is 24.1 Å². The highest BCUT2D eigenvalue weighted by atomic mass is 19.1. The summed E-state index contributed by atoms with van der Waals surface area (Å²) < 4.78 is 28.9. The largest absolute Gasteiger partial charge is 0.493 e. The number of methoxy groups -OCH3 is 3. The van der Waals surface area contributed by atoms with Crippen LogP contribution in [0.15, 0.2) is 36.4 Å². The molecule has 0 radical (unpaired) electrons. The van der Waals surface area contributed by atoms with Crippen molar-refractivity contribution in [2.75, 3.05) is 39.7 Å². The normalized spacial score (nSPS) is 15.8. The molecule has 1 N–H and O–H groups in total. The molecule has 1 aliphatic rings. The molecule has 3 rings (SSSR count). The average molecular weight is 416 g/mol. The van der Waals surface area contributed by atoms with E-state index in [0.717, 1.165) is 5.56 Å². The smallest absolute Gasteiger partial charge is 0.229 e. The highest BCUT2D eigenvalue weighted by Crippen LogP contribution is 2.40. The van der Waals surface area contributed by atoms with Gasteiger partial charge in [0.1, 0.15) is 5.82 Å². The minimum Gasteiger partial charge on any atom is -0.493 e. The number of halogens is 1. The predicted molar refractivity (Wildman–Crippen MR) is 110 cm³/mol. The third-order valence-corrected chi connectivity index (χ3v) is 5.10. The lowest BCUT2D eigenvalue weighted by molar-refractivity contribution is -0.128. The molecule has 1 aliphatic heterocycles. The van der Waals surface area contributed by atoms with Crippen LogP contribution in [0, 0.1) is 11.7 Å². The van der Waals surface area contributed by atoms with E-state index in [9.17, 15) is 14.0 Å². The van der Waals surface area contributed by atoms with Gasteiger partial charge in [0.25, 0.3) is 0 Å². The van der Waals surface area contributed by atoms with Crippen LogP contribution in [0.4, 0.5) is 10.1 Å². The summed E-state index contributed by atoms with van der Waals surface area (Å²) in [6.45, 7) is 0.828. The summed E-state index contributed by atoms with van der Waals surface area (Å²) in [4.78, 5) is 26.7. The van der Waals surface area contributed by atoms with Crippen LogP contribution in [0.2, 0.25) is 0 Å². The first-order valence-electron chi connectivity index (χ1n) is 9.58. The second-order valence-electron chi connectivity index (χ2n) is 7.02. The van der Waals surface area contributed by atoms with Crippen LogP contribution in [0.1, 0.15) is 12.0 Å². The molecule has 8 heteroatoms. The number of hydrogen-bond acceptors (Lipinski definition) is 5. The summed E-state index contributed by atoms with van der Waals surface area (Å²) >= 11 is 0. The van der Waals surface area contributed by atoms with Gasteiger partial charge in [-0.1, -0.05) is 12.1 Å². The highest BCUT2D eigenvalue weighted by molar-refractivity contribution is 5.97. The van der Waals surface area contributed by atoms with Crippen LogP contribution in [0.5, 0.6) is 17.2 Å². The molecule has 1 saturated heterocycles. The van der Waals surface area contributed by atoms with Crippen molar-refractivity contribution in [2.24, 2.45) is 5.92 Å². The van der Waals surface area contributed by atoms with E-state index in [0.29, 0.717) is 42.4 Å². The molecule has 0 aromatic heterocycles. The molecular formula is C22H25FN2O5. The number of carbonyl (C=O) groups excluding carboxylic acids is 2. The molecule has 2 aromatic carbocycles. The van der Waals surface area contributed by atoms with Gasteiger partial charge in [0, 0.05) is 37.3 Å². The molecule has 0 saturated carbocycles. The van der Waals surface area contributed by atoms with Crippen LogP contribution >= 0.6 is 0 Å². The van der Waals surface area contributed by atoms with E-state index >= 15 is 0 Å². The molecule has 0 unspecified atom stereocenters. The first kappa shape index (κ1) is 21.4. The Morgan fingerprint density at radius 2 is 1.73 bits per heavy atom. The van der Waals surface area contributed by atoms with Gasteiger partial charge >= 0.3 is 0 Å². The average Bonchev–Trinajstić information content (AvgIpc) is 3.13. The van der Waals surface area contributed by atoms with Crippen molar-refractivity contribution < 1.29 is 28.2 Å². The Kier molecular flexibility index (Phi) is 6.76. The zero-order chi connectivity index (χ0) is 21.7. The minimum absolute atomic E-state index is 0.0675. The lowest BCUT2D eigenvalue weighted by Crippen LogP contribution is -2.30. The van der Waals surface area contributed by atoms with Crippen molar-refractivity contribution in [3.8, 4) is 17.2 Å². The van der Waals surface area contributed by atoms with Crippen LogP contribution < -0.4 is 19.5 Å². The van der Waals surface area contributed by atoms with Crippen molar-refractivity contribution >= 4 is 17.5 Å². The molecule has 2 amide bonds. The van der Waals surface area contributed by atoms with Gasteiger partial charge in [-0.25, -0.2) is 4.39 Å². The van der Waals surface area contributed by atoms with Crippen molar-refractivity contribution in [1.82, 2.24) is 4.90 Å². The second-order valence-corrected chi connectivity index (χ2v) is 7.02. The van der Waals surface area contributed by atoms with E-state index < -0.39 is 5.92 Å². The fourth-order valence-electron chi connectivity index (χ4n) is 3.48. The minimum atomic E-state index is -0.454. The Hall–Kier alpha value is -3.29. The number of rotatable bonds is 8. The van der Waals surface area contributed by atoms with Gasteiger partial charge in [-0.3, -0.25) is 9.59 Å². The number of carbonyl (C=O) groups is 2. The van der Waals surface area contributed by atoms with Crippen LogP contribution in [-0.4, -0.2) is 51.1 Å². The molecule has 1 heterocycles. The fourth-order valence-corrected chi connectivity index (χ4v) is 3.48. The van der Waals surface area contributed by atoms with E-state index in [1.54, 1.807) is 29.2 Å². The van der Waals surface area contributed by atoms with Gasteiger partial charge in [-0.2, -0.15) is 0 Å². The van der Waals surface area contributed by atoms with Gasteiger partial charge in [0.05, 0.1) is 27.2 Å². The molecule has 7 nitrogen and oxygen atoms in total. The monoisotopic (exact) mass is 416 g/mol. The Labute approximate surface area is 174 Å². The SMILES string of the molecule is COc1cc(NC(=O)[C@H]2CC(=O)N(CCc3ccc(F)cc3)C2)cc(OC)c1OC. The van der Waals surface area contributed by atoms with Crippen LogP contribution in [0.25, 0.3) is 0 Å². The van der Waals surface area contributed by atoms with Crippen molar-refractivity contribution in [3.63, 3.8) is 0 Å². The summed E-state index contributed by atoms with van der Waals surface area (Å²) in [5.41, 5.74) is 1.43. The zero-order valence-corrected chi connectivity index (χ0v) is 17.2. The Morgan fingerprint density at radius 1 is 1.10 bits per heavy atom. The van der Waals surface area contributed by atoms with Gasteiger partial charge in [-0.05, 0) is 24.1 Å². The molecular weight excluding hydrogens is 391 g/mol. The first-order chi connectivity index (χ1) is 14.4. The topological polar surface area (TPSA) is 77.1 Å². The number of ether oxygens (including phenoxy) is 3. The third-order valence-electron chi connectivity index (χ3n) is 5.10. The zero-order valence-electron chi connectivity index (χ0n) is 17.2. The lowest BCUT2D eigenvalue weighted by atomic mass is 10.1. The van der Waals surface area contributed by atoms with Crippen LogP contribution in [0.3, 0.4) is 0 Å². The van der Waals surface area contributed by atoms with Crippen molar-refractivity contribution in [3.05, 3.63) is 47.8 Å². The quantitative estimate of drug-likeness (QED) is 0.716. The second kappa shape index (κ2) is 9.47. The van der Waals surface area contributed by atoms with Gasteiger partial charge in [0.2, 0.25) is 17.6 Å². The number of nitrogens with zero attached hydrogens (tertiary/aromatic N) is 1. The predicted octanol–water partition coefficient (Wildman–Crippen LogP) is 2.88. The summed E-state index contributed by atoms with van der Waals surface area (Å²) in [6, 6.07) is 9.48. The lowest BCUT2D eigenvalue weighted by Gasteiger charge is -2.17. The van der Waals surface area contributed by atoms with Crippen LogP contribution in [-0.2, 0) is 16.0 Å². The number of anilines is 1. The van der Waals surface area contributed by atoms with Gasteiger partial charge in [-0.15, -0.1) is 0 Å². The van der Waals surface area contributed by atoms with E-state index in [4.69, 9.17) is 14.2 Å². The summed E-state index contributed by atoms with van der Waals surface area (Å²) in [5.74, 6) is 0.223. The highest BCUT2D eigenvalue weighted by Gasteiger charge is 2.34. The molecule has 0 bridgehead atoms. The van der Waals surface area contributed by atoms with E-state index in [1.165, 1.54) is 33.5 Å². The maximum atomic E-state index is 13.0. The molecule has 30 heavy (non-hydrogen) atoms. The van der Waals surface area contributed by atoms with Crippen molar-refractivity contribution in [2.45, 2.75) is 12.8 Å². The summed E-state index contributed by atoms with van der Waals surface area (Å²) in [5, 5.41) is 2.83. The maximum absolute atomic E-state index is 13.0. The first-order valence-corrected chi connectivity index (χ1v) is 9.58. The Balaban J connectivity index is 1.62. The molecule has 0 spiro atoms. The molecule has 1 atom stereocenters. The van der Waals surface area contributed by atoms with Crippen molar-refractivity contribution in [1.29, 1.82) is 0 Å². The molecule has 160 valence electrons. The number of likely N-dealkylation sites (tertiary alicyclic amines) is 1. The third kappa shape index (κ3) is 4.82. The standard InChI is InChI=1S/C22H25FN2O5/c1-28-18-11-17(12-19(29-2)21(18)30-3)24-22(27)15-10-20(26)25(13-15)9-8-14-4-6-16(23)7-5-14/h4-7,11-12,15H,8-10,13H2,1-3H3,(H,24,27)/t15-/m0/s1. The fraction of sp³-hybridized carbons (Fsp3) is 0.364. The van der Waals surface area contributed by atoms with E-state index in [2.05, 4.69) is 5.32 Å². The Morgan fingerprint density at radius 3 is 2.30 bits per heavy atom. The molecule has 2 aromatic rings. The van der Waals surface area contributed by atoms with E-state index in [1.807, 2.05) is 0 Å². The van der Waals surface area contributed by atoms with Gasteiger partial charge in [0.15, 0.2) is 11.5 Å². The Bertz CT molecular complexity index is 891.